The van der Waals surface area contributed by atoms with Crippen LogP contribution in [0, 0.1) is 0 Å². The number of carbonyl (C=O) groups excluding carboxylic acids is 2. The number of esters is 1. The highest BCUT2D eigenvalue weighted by molar-refractivity contribution is 6.33. The molecule has 0 unspecified atom stereocenters. The van der Waals surface area contributed by atoms with Crippen LogP contribution in [-0.2, 0) is 4.74 Å². The van der Waals surface area contributed by atoms with Crippen molar-refractivity contribution in [2.45, 2.75) is 6.92 Å². The summed E-state index contributed by atoms with van der Waals surface area (Å²) < 4.78 is 4.73. The molecule has 1 rings (SSSR count). The molecule has 0 N–H and O–H groups in total. The van der Waals surface area contributed by atoms with Crippen molar-refractivity contribution < 1.29 is 14.3 Å². The molecule has 0 amide bonds. The van der Waals surface area contributed by atoms with Crippen molar-refractivity contribution in [3.8, 4) is 0 Å². The second-order valence-corrected chi connectivity index (χ2v) is 2.76. The first-order valence-corrected chi connectivity index (χ1v) is 4.35. The fourth-order valence-corrected chi connectivity index (χ4v) is 1.20. The zero-order valence-electron chi connectivity index (χ0n) is 7.49. The third-order valence-corrected chi connectivity index (χ3v) is 1.83. The van der Waals surface area contributed by atoms with E-state index in [1.807, 2.05) is 0 Å². The summed E-state index contributed by atoms with van der Waals surface area (Å²) >= 11 is 5.67. The highest BCUT2D eigenvalue weighted by Gasteiger charge is 2.16. The summed E-state index contributed by atoms with van der Waals surface area (Å²) in [6.07, 6.45) is 1.90. The van der Waals surface area contributed by atoms with E-state index in [0.29, 0.717) is 6.29 Å². The Morgan fingerprint density at radius 2 is 2.43 bits per heavy atom. The Bertz CT molecular complexity index is 365. The Balaban J connectivity index is 3.16. The molecule has 74 valence electrons. The predicted molar refractivity (Wildman–Crippen MR) is 50.6 cm³/mol. The van der Waals surface area contributed by atoms with Crippen molar-refractivity contribution in [3.63, 3.8) is 0 Å². The van der Waals surface area contributed by atoms with E-state index in [-0.39, 0.29) is 22.9 Å². The molecule has 0 spiro atoms. The van der Waals surface area contributed by atoms with Gasteiger partial charge in [0.25, 0.3) is 0 Å². The van der Waals surface area contributed by atoms with Gasteiger partial charge >= 0.3 is 5.97 Å². The smallest absolute Gasteiger partial charge is 0.342 e. The number of rotatable bonds is 3. The molecule has 0 aliphatic rings. The Morgan fingerprint density at radius 1 is 1.71 bits per heavy atom. The summed E-state index contributed by atoms with van der Waals surface area (Å²) in [5, 5.41) is -0.0203. The van der Waals surface area contributed by atoms with Gasteiger partial charge in [0.1, 0.15) is 10.7 Å². The molecule has 5 heteroatoms. The average Bonchev–Trinajstić information content (AvgIpc) is 2.17. The molecule has 0 bridgehead atoms. The van der Waals surface area contributed by atoms with Crippen LogP contribution in [0.4, 0.5) is 0 Å². The molecule has 0 aliphatic carbocycles. The van der Waals surface area contributed by atoms with Gasteiger partial charge in [-0.1, -0.05) is 11.6 Å². The van der Waals surface area contributed by atoms with Gasteiger partial charge in [0.05, 0.1) is 6.61 Å². The molecule has 0 aromatic carbocycles. The standard InChI is InChI=1S/C9H8ClNO3/c1-2-14-9(13)7-6(5-12)3-4-11-8(7)10/h3-5H,2H2,1H3. The molecular formula is C9H8ClNO3. The lowest BCUT2D eigenvalue weighted by Crippen LogP contribution is -2.09. The van der Waals surface area contributed by atoms with Crippen molar-refractivity contribution in [1.29, 1.82) is 0 Å². The van der Waals surface area contributed by atoms with Crippen LogP contribution in [0.25, 0.3) is 0 Å². The number of aromatic nitrogens is 1. The van der Waals surface area contributed by atoms with Gasteiger partial charge in [-0.05, 0) is 13.0 Å². The van der Waals surface area contributed by atoms with E-state index >= 15 is 0 Å². The quantitative estimate of drug-likeness (QED) is 0.436. The first-order valence-electron chi connectivity index (χ1n) is 3.97. The number of ether oxygens (including phenoxy) is 1. The van der Waals surface area contributed by atoms with Gasteiger partial charge in [-0.2, -0.15) is 0 Å². The molecule has 14 heavy (non-hydrogen) atoms. The zero-order valence-corrected chi connectivity index (χ0v) is 8.25. The topological polar surface area (TPSA) is 56.3 Å². The highest BCUT2D eigenvalue weighted by atomic mass is 35.5. The maximum atomic E-state index is 11.3. The van der Waals surface area contributed by atoms with Crippen LogP contribution in [0.15, 0.2) is 12.3 Å². The van der Waals surface area contributed by atoms with Gasteiger partial charge < -0.3 is 4.74 Å². The van der Waals surface area contributed by atoms with Crippen LogP contribution >= 0.6 is 11.6 Å². The normalized spacial score (nSPS) is 9.57. The molecule has 0 atom stereocenters. The van der Waals surface area contributed by atoms with Crippen molar-refractivity contribution in [2.24, 2.45) is 0 Å². The van der Waals surface area contributed by atoms with E-state index < -0.39 is 5.97 Å². The summed E-state index contributed by atoms with van der Waals surface area (Å²) in [6, 6.07) is 1.41. The molecule has 1 aromatic rings. The molecule has 0 radical (unpaired) electrons. The van der Waals surface area contributed by atoms with Crippen LogP contribution < -0.4 is 0 Å². The number of hydrogen-bond donors (Lipinski definition) is 0. The van der Waals surface area contributed by atoms with Crippen molar-refractivity contribution in [1.82, 2.24) is 4.98 Å². The Labute approximate surface area is 85.9 Å². The summed E-state index contributed by atoms with van der Waals surface area (Å²) in [5.74, 6) is -0.632. The number of aldehydes is 1. The summed E-state index contributed by atoms with van der Waals surface area (Å²) in [4.78, 5) is 25.6. The number of halogens is 1. The van der Waals surface area contributed by atoms with Gasteiger partial charge in [0.2, 0.25) is 0 Å². The van der Waals surface area contributed by atoms with Gasteiger partial charge in [-0.25, -0.2) is 9.78 Å². The third-order valence-electron chi connectivity index (χ3n) is 1.54. The summed E-state index contributed by atoms with van der Waals surface area (Å²) in [7, 11) is 0. The maximum Gasteiger partial charge on any atom is 0.342 e. The van der Waals surface area contributed by atoms with E-state index in [1.165, 1.54) is 12.3 Å². The lowest BCUT2D eigenvalue weighted by Gasteiger charge is -2.04. The maximum absolute atomic E-state index is 11.3. The second-order valence-electron chi connectivity index (χ2n) is 2.40. The minimum absolute atomic E-state index is 0.0195. The number of nitrogens with zero attached hydrogens (tertiary/aromatic N) is 1. The minimum atomic E-state index is -0.632. The molecule has 0 saturated heterocycles. The zero-order chi connectivity index (χ0) is 10.6. The lowest BCUT2D eigenvalue weighted by molar-refractivity contribution is 0.0524. The molecule has 0 aliphatic heterocycles. The van der Waals surface area contributed by atoms with Crippen LogP contribution in [0.3, 0.4) is 0 Å². The first-order chi connectivity index (χ1) is 6.70. The predicted octanol–water partition coefficient (Wildman–Crippen LogP) is 1.72. The van der Waals surface area contributed by atoms with Crippen LogP contribution in [0.2, 0.25) is 5.15 Å². The monoisotopic (exact) mass is 213 g/mol. The summed E-state index contributed by atoms with van der Waals surface area (Å²) in [6.45, 7) is 1.89. The number of pyridine rings is 1. The van der Waals surface area contributed by atoms with E-state index in [2.05, 4.69) is 4.98 Å². The minimum Gasteiger partial charge on any atom is -0.462 e. The Hall–Kier alpha value is -1.42. The lowest BCUT2D eigenvalue weighted by atomic mass is 10.1. The van der Waals surface area contributed by atoms with Crippen molar-refractivity contribution in [3.05, 3.63) is 28.5 Å². The number of hydrogen-bond acceptors (Lipinski definition) is 4. The second kappa shape index (κ2) is 4.72. The van der Waals surface area contributed by atoms with Gasteiger partial charge in [-0.3, -0.25) is 4.79 Å². The van der Waals surface area contributed by atoms with E-state index in [0.717, 1.165) is 0 Å². The van der Waals surface area contributed by atoms with Crippen LogP contribution in [0.1, 0.15) is 27.6 Å². The largest absolute Gasteiger partial charge is 0.462 e. The van der Waals surface area contributed by atoms with Gasteiger partial charge in [0, 0.05) is 11.8 Å². The van der Waals surface area contributed by atoms with Crippen molar-refractivity contribution in [2.75, 3.05) is 6.61 Å². The average molecular weight is 214 g/mol. The summed E-state index contributed by atoms with van der Waals surface area (Å²) in [5.41, 5.74) is 0.203. The SMILES string of the molecule is CCOC(=O)c1c(C=O)ccnc1Cl. The van der Waals surface area contributed by atoms with Crippen LogP contribution in [-0.4, -0.2) is 23.8 Å². The van der Waals surface area contributed by atoms with E-state index in [1.54, 1.807) is 6.92 Å². The highest BCUT2D eigenvalue weighted by Crippen LogP contribution is 2.16. The third kappa shape index (κ3) is 2.09. The molecule has 0 saturated carbocycles. The first kappa shape index (κ1) is 10.7. The molecule has 0 fully saturated rings. The van der Waals surface area contributed by atoms with E-state index in [9.17, 15) is 9.59 Å². The Morgan fingerprint density at radius 3 is 3.00 bits per heavy atom. The van der Waals surface area contributed by atoms with Gasteiger partial charge in [-0.15, -0.1) is 0 Å². The van der Waals surface area contributed by atoms with Crippen molar-refractivity contribution >= 4 is 23.9 Å². The molecule has 1 heterocycles. The van der Waals surface area contributed by atoms with Gasteiger partial charge in [0.15, 0.2) is 6.29 Å². The number of carbonyl (C=O) groups is 2. The fraction of sp³-hybridized carbons (Fsp3) is 0.222. The Kier molecular flexibility index (Phi) is 3.59. The molecular weight excluding hydrogens is 206 g/mol. The fourth-order valence-electron chi connectivity index (χ4n) is 0.954. The molecule has 4 nitrogen and oxygen atoms in total. The van der Waals surface area contributed by atoms with E-state index in [4.69, 9.17) is 16.3 Å². The van der Waals surface area contributed by atoms with Crippen LogP contribution in [0.5, 0.6) is 0 Å². The molecule has 1 aromatic heterocycles.